The maximum Gasteiger partial charge on any atom is 0.289 e. The van der Waals surface area contributed by atoms with E-state index < -0.39 is 10.0 Å². The van der Waals surface area contributed by atoms with Crippen LogP contribution in [0.3, 0.4) is 0 Å². The molecule has 2 amide bonds. The first kappa shape index (κ1) is 17.2. The first-order chi connectivity index (χ1) is 11.4. The van der Waals surface area contributed by atoms with Gasteiger partial charge >= 0.3 is 0 Å². The molecule has 0 aliphatic carbocycles. The molecule has 1 aromatic rings. The van der Waals surface area contributed by atoms with E-state index in [9.17, 15) is 18.0 Å². The van der Waals surface area contributed by atoms with E-state index in [1.165, 1.54) is 21.3 Å². The molecule has 1 atom stereocenters. The fourth-order valence-corrected chi connectivity index (χ4v) is 5.15. The average molecular weight is 370 g/mol. The van der Waals surface area contributed by atoms with Crippen LogP contribution in [-0.2, 0) is 14.8 Å². The lowest BCUT2D eigenvalue weighted by atomic mass is 10.2. The van der Waals surface area contributed by atoms with Gasteiger partial charge in [0.05, 0.1) is 23.3 Å². The van der Waals surface area contributed by atoms with Crippen LogP contribution in [0.5, 0.6) is 5.75 Å². The third kappa shape index (κ3) is 3.15. The lowest BCUT2D eigenvalue weighted by Gasteiger charge is -2.21. The summed E-state index contributed by atoms with van der Waals surface area (Å²) in [5, 5.41) is -0.287. The lowest BCUT2D eigenvalue weighted by molar-refractivity contribution is -0.126. The predicted octanol–water partition coefficient (Wildman–Crippen LogP) is 1.54. The fraction of sp³-hybridized carbons (Fsp3) is 0.467. The third-order valence-electron chi connectivity index (χ3n) is 4.05. The number of rotatable bonds is 5. The van der Waals surface area contributed by atoms with Crippen LogP contribution in [0.1, 0.15) is 13.3 Å². The molecule has 130 valence electrons. The molecule has 9 heteroatoms. The molecule has 0 spiro atoms. The number of imide groups is 1. The molecule has 0 radical (unpaired) electrons. The summed E-state index contributed by atoms with van der Waals surface area (Å²) in [6, 6.07) is 5.88. The maximum absolute atomic E-state index is 12.7. The smallest absolute Gasteiger partial charge is 0.289 e. The molecule has 2 fully saturated rings. The van der Waals surface area contributed by atoms with Gasteiger partial charge in [-0.25, -0.2) is 8.42 Å². The van der Waals surface area contributed by atoms with Gasteiger partial charge < -0.3 is 4.74 Å². The minimum absolute atomic E-state index is 0.140. The summed E-state index contributed by atoms with van der Waals surface area (Å²) < 4.78 is 32.1. The number of carbonyl (C=O) groups is 2. The molecule has 1 unspecified atom stereocenters. The van der Waals surface area contributed by atoms with E-state index in [4.69, 9.17) is 4.74 Å². The van der Waals surface area contributed by atoms with E-state index in [0.717, 1.165) is 11.8 Å². The SMILES string of the molecule is CCOc1ccc(S(=O)(=O)N2CCC(N3C(=O)CSC3=O)C2)cc1. The number of hydrogen-bond acceptors (Lipinski definition) is 6. The van der Waals surface area contributed by atoms with Crippen LogP contribution in [0.15, 0.2) is 29.2 Å². The Balaban J connectivity index is 1.74. The maximum atomic E-state index is 12.7. The zero-order valence-corrected chi connectivity index (χ0v) is 14.8. The van der Waals surface area contributed by atoms with Crippen LogP contribution in [0.25, 0.3) is 0 Å². The van der Waals surface area contributed by atoms with E-state index >= 15 is 0 Å². The van der Waals surface area contributed by atoms with Gasteiger partial charge in [-0.3, -0.25) is 14.5 Å². The Morgan fingerprint density at radius 1 is 1.25 bits per heavy atom. The first-order valence-electron chi connectivity index (χ1n) is 7.65. The van der Waals surface area contributed by atoms with Crippen LogP contribution in [-0.4, -0.2) is 60.3 Å². The highest BCUT2D eigenvalue weighted by molar-refractivity contribution is 8.14. The van der Waals surface area contributed by atoms with Crippen molar-refractivity contribution >= 4 is 32.9 Å². The topological polar surface area (TPSA) is 84.0 Å². The zero-order chi connectivity index (χ0) is 17.3. The molecule has 0 N–H and O–H groups in total. The third-order valence-corrected chi connectivity index (χ3v) is 6.76. The molecule has 3 rings (SSSR count). The lowest BCUT2D eigenvalue weighted by Crippen LogP contribution is -2.41. The Kier molecular flexibility index (Phi) is 4.84. The van der Waals surface area contributed by atoms with Crippen LogP contribution >= 0.6 is 11.8 Å². The number of nitrogens with zero attached hydrogens (tertiary/aromatic N) is 2. The second kappa shape index (κ2) is 6.73. The van der Waals surface area contributed by atoms with E-state index in [1.807, 2.05) is 6.92 Å². The molecule has 7 nitrogen and oxygen atoms in total. The Bertz CT molecular complexity index is 732. The summed E-state index contributed by atoms with van der Waals surface area (Å²) in [4.78, 5) is 25.0. The summed E-state index contributed by atoms with van der Waals surface area (Å²) in [7, 11) is -3.65. The quantitative estimate of drug-likeness (QED) is 0.782. The van der Waals surface area contributed by atoms with Crippen molar-refractivity contribution in [3.05, 3.63) is 24.3 Å². The number of thioether (sulfide) groups is 1. The minimum Gasteiger partial charge on any atom is -0.494 e. The summed E-state index contributed by atoms with van der Waals surface area (Å²) in [6.45, 7) is 2.81. The number of amides is 2. The Hall–Kier alpha value is -1.58. The molecule has 1 aromatic carbocycles. The van der Waals surface area contributed by atoms with Crippen molar-refractivity contribution < 1.29 is 22.7 Å². The number of carbonyl (C=O) groups excluding carboxylic acids is 2. The molecule has 2 heterocycles. The van der Waals surface area contributed by atoms with Gasteiger partial charge in [0.15, 0.2) is 0 Å². The first-order valence-corrected chi connectivity index (χ1v) is 10.1. The number of hydrogen-bond donors (Lipinski definition) is 0. The molecular weight excluding hydrogens is 352 g/mol. The van der Waals surface area contributed by atoms with Crippen LogP contribution in [0, 0.1) is 0 Å². The standard InChI is InChI=1S/C15H18N2O5S2/c1-2-22-12-3-5-13(6-4-12)24(20,21)16-8-7-11(9-16)17-14(18)10-23-15(17)19/h3-6,11H,2,7-10H2,1H3. The van der Waals surface area contributed by atoms with Crippen molar-refractivity contribution in [3.63, 3.8) is 0 Å². The van der Waals surface area contributed by atoms with Gasteiger partial charge in [0, 0.05) is 13.1 Å². The van der Waals surface area contributed by atoms with Gasteiger partial charge in [-0.05, 0) is 37.6 Å². The average Bonchev–Trinajstić information content (AvgIpc) is 3.15. The molecule has 2 aliphatic heterocycles. The summed E-state index contributed by atoms with van der Waals surface area (Å²) in [6.07, 6.45) is 0.467. The van der Waals surface area contributed by atoms with E-state index in [2.05, 4.69) is 0 Å². The second-order valence-corrected chi connectivity index (χ2v) is 8.39. The number of benzene rings is 1. The Labute approximate surface area is 145 Å². The van der Waals surface area contributed by atoms with Gasteiger partial charge in [0.1, 0.15) is 5.75 Å². The van der Waals surface area contributed by atoms with Crippen molar-refractivity contribution in [1.29, 1.82) is 0 Å². The van der Waals surface area contributed by atoms with Gasteiger partial charge in [-0.2, -0.15) is 4.31 Å². The van der Waals surface area contributed by atoms with Gasteiger partial charge in [-0.1, -0.05) is 11.8 Å². The highest BCUT2D eigenvalue weighted by atomic mass is 32.2. The van der Waals surface area contributed by atoms with Crippen LogP contribution in [0.2, 0.25) is 0 Å². The largest absolute Gasteiger partial charge is 0.494 e. The van der Waals surface area contributed by atoms with Gasteiger partial charge in [0.25, 0.3) is 5.24 Å². The number of ether oxygens (including phenoxy) is 1. The monoisotopic (exact) mass is 370 g/mol. The highest BCUT2D eigenvalue weighted by Crippen LogP contribution is 2.29. The summed E-state index contributed by atoms with van der Waals surface area (Å²) in [5.74, 6) is 0.511. The molecule has 2 aliphatic rings. The predicted molar refractivity (Wildman–Crippen MR) is 89.5 cm³/mol. The molecule has 0 saturated carbocycles. The van der Waals surface area contributed by atoms with Crippen LogP contribution in [0.4, 0.5) is 4.79 Å². The zero-order valence-electron chi connectivity index (χ0n) is 13.2. The Morgan fingerprint density at radius 2 is 1.96 bits per heavy atom. The Morgan fingerprint density at radius 3 is 2.54 bits per heavy atom. The van der Waals surface area contributed by atoms with Crippen molar-refractivity contribution in [2.75, 3.05) is 25.4 Å². The second-order valence-electron chi connectivity index (χ2n) is 5.53. The molecule has 0 aromatic heterocycles. The van der Waals surface area contributed by atoms with Crippen molar-refractivity contribution in [3.8, 4) is 5.75 Å². The van der Waals surface area contributed by atoms with E-state index in [-0.39, 0.29) is 34.4 Å². The van der Waals surface area contributed by atoms with Crippen molar-refractivity contribution in [2.24, 2.45) is 0 Å². The summed E-state index contributed by atoms with van der Waals surface area (Å²) >= 11 is 0.967. The summed E-state index contributed by atoms with van der Waals surface area (Å²) in [5.41, 5.74) is 0. The van der Waals surface area contributed by atoms with E-state index in [0.29, 0.717) is 25.3 Å². The minimum atomic E-state index is -3.65. The number of sulfonamides is 1. The molecule has 0 bridgehead atoms. The van der Waals surface area contributed by atoms with E-state index in [1.54, 1.807) is 12.1 Å². The van der Waals surface area contributed by atoms with Crippen LogP contribution < -0.4 is 4.74 Å². The van der Waals surface area contributed by atoms with Crippen molar-refractivity contribution in [1.82, 2.24) is 9.21 Å². The normalized spacial score (nSPS) is 22.4. The van der Waals surface area contributed by atoms with Gasteiger partial charge in [0.2, 0.25) is 15.9 Å². The molecule has 2 saturated heterocycles. The fourth-order valence-electron chi connectivity index (χ4n) is 2.88. The molecular formula is C15H18N2O5S2. The van der Waals surface area contributed by atoms with Crippen molar-refractivity contribution in [2.45, 2.75) is 24.3 Å². The highest BCUT2D eigenvalue weighted by Gasteiger charge is 2.42. The molecule has 24 heavy (non-hydrogen) atoms. The van der Waals surface area contributed by atoms with Gasteiger partial charge in [-0.15, -0.1) is 0 Å².